The summed E-state index contributed by atoms with van der Waals surface area (Å²) in [4.78, 5) is 11.4. The van der Waals surface area contributed by atoms with Crippen molar-refractivity contribution in [3.05, 3.63) is 11.9 Å². The van der Waals surface area contributed by atoms with E-state index in [9.17, 15) is 0 Å². The zero-order valence-corrected chi connectivity index (χ0v) is 12.4. The van der Waals surface area contributed by atoms with Crippen molar-refractivity contribution < 1.29 is 0 Å². The number of anilines is 2. The van der Waals surface area contributed by atoms with Crippen molar-refractivity contribution >= 4 is 11.6 Å². The van der Waals surface area contributed by atoms with E-state index in [4.69, 9.17) is 0 Å². The largest absolute Gasteiger partial charge is 0.373 e. The zero-order valence-electron chi connectivity index (χ0n) is 12.4. The Hall–Kier alpha value is -1.32. The van der Waals surface area contributed by atoms with E-state index in [0.717, 1.165) is 36.5 Å². The molecule has 1 atom stereocenters. The zero-order chi connectivity index (χ0) is 13.7. The van der Waals surface area contributed by atoms with E-state index in [1.54, 1.807) is 0 Å². The van der Waals surface area contributed by atoms with E-state index in [2.05, 4.69) is 33.2 Å². The fourth-order valence-electron chi connectivity index (χ4n) is 2.93. The Balaban J connectivity index is 2.07. The van der Waals surface area contributed by atoms with E-state index in [-0.39, 0.29) is 0 Å². The number of rotatable bonds is 4. The highest BCUT2D eigenvalue weighted by atomic mass is 15.2. The molecule has 106 valence electrons. The van der Waals surface area contributed by atoms with Gasteiger partial charge in [0, 0.05) is 26.2 Å². The molecule has 0 amide bonds. The third-order valence-electron chi connectivity index (χ3n) is 3.95. The van der Waals surface area contributed by atoms with Gasteiger partial charge in [-0.2, -0.15) is 0 Å². The van der Waals surface area contributed by atoms with Crippen LogP contribution in [-0.2, 0) is 0 Å². The monoisotopic (exact) mass is 262 g/mol. The van der Waals surface area contributed by atoms with Gasteiger partial charge in [0.05, 0.1) is 0 Å². The number of aryl methyl sites for hydroxylation is 1. The van der Waals surface area contributed by atoms with Crippen LogP contribution in [0.4, 0.5) is 11.6 Å². The van der Waals surface area contributed by atoms with Crippen LogP contribution in [-0.4, -0.2) is 30.1 Å². The predicted molar refractivity (Wildman–Crippen MR) is 80.8 cm³/mol. The van der Waals surface area contributed by atoms with Gasteiger partial charge < -0.3 is 10.2 Å². The summed E-state index contributed by atoms with van der Waals surface area (Å²) in [6.45, 7) is 6.50. The summed E-state index contributed by atoms with van der Waals surface area (Å²) in [5, 5.41) is 3.11. The minimum atomic E-state index is 0.844. The Morgan fingerprint density at radius 1 is 1.32 bits per heavy atom. The van der Waals surface area contributed by atoms with Gasteiger partial charge in [-0.3, -0.25) is 0 Å². The highest BCUT2D eigenvalue weighted by Gasteiger charge is 2.18. The summed E-state index contributed by atoms with van der Waals surface area (Å²) in [6.07, 6.45) is 6.63. The summed E-state index contributed by atoms with van der Waals surface area (Å²) in [7, 11) is 1.91. The molecule has 0 bridgehead atoms. The van der Waals surface area contributed by atoms with Crippen LogP contribution >= 0.6 is 0 Å². The van der Waals surface area contributed by atoms with E-state index in [1.165, 1.54) is 32.1 Å². The molecule has 0 aromatic carbocycles. The maximum absolute atomic E-state index is 4.59. The van der Waals surface area contributed by atoms with E-state index in [0.29, 0.717) is 0 Å². The van der Waals surface area contributed by atoms with Crippen molar-refractivity contribution in [2.45, 2.75) is 46.0 Å². The van der Waals surface area contributed by atoms with Gasteiger partial charge in [-0.05, 0) is 32.1 Å². The van der Waals surface area contributed by atoms with Crippen molar-refractivity contribution in [3.8, 4) is 0 Å². The minimum Gasteiger partial charge on any atom is -0.373 e. The lowest BCUT2D eigenvalue weighted by atomic mass is 9.96. The summed E-state index contributed by atoms with van der Waals surface area (Å²) in [5.41, 5.74) is 0. The SMILES string of the molecule is CCCC1CCCN(c2cc(NC)nc(C)n2)CC1. The summed E-state index contributed by atoms with van der Waals surface area (Å²) < 4.78 is 0. The quantitative estimate of drug-likeness (QED) is 0.904. The molecule has 0 aliphatic carbocycles. The second-order valence-electron chi connectivity index (χ2n) is 5.48. The molecule has 0 spiro atoms. The molecule has 2 rings (SSSR count). The number of nitrogens with zero attached hydrogens (tertiary/aromatic N) is 3. The third-order valence-corrected chi connectivity index (χ3v) is 3.95. The Labute approximate surface area is 116 Å². The van der Waals surface area contributed by atoms with Gasteiger partial charge >= 0.3 is 0 Å². The minimum absolute atomic E-state index is 0.844. The molecule has 1 aromatic rings. The lowest BCUT2D eigenvalue weighted by molar-refractivity contribution is 0.435. The highest BCUT2D eigenvalue weighted by molar-refractivity contribution is 5.49. The Morgan fingerprint density at radius 2 is 2.16 bits per heavy atom. The second-order valence-corrected chi connectivity index (χ2v) is 5.48. The van der Waals surface area contributed by atoms with Crippen LogP contribution in [0.25, 0.3) is 0 Å². The number of nitrogens with one attached hydrogen (secondary N) is 1. The first-order valence-corrected chi connectivity index (χ1v) is 7.51. The smallest absolute Gasteiger partial charge is 0.134 e. The molecule has 19 heavy (non-hydrogen) atoms. The van der Waals surface area contributed by atoms with Gasteiger partial charge in [0.15, 0.2) is 0 Å². The molecule has 1 aromatic heterocycles. The summed E-state index contributed by atoms with van der Waals surface area (Å²) >= 11 is 0. The van der Waals surface area contributed by atoms with Gasteiger partial charge in [0.1, 0.15) is 17.5 Å². The molecular weight excluding hydrogens is 236 g/mol. The number of hydrogen-bond acceptors (Lipinski definition) is 4. The number of aromatic nitrogens is 2. The van der Waals surface area contributed by atoms with E-state index < -0.39 is 0 Å². The van der Waals surface area contributed by atoms with E-state index >= 15 is 0 Å². The average Bonchev–Trinajstić information content (AvgIpc) is 2.64. The van der Waals surface area contributed by atoms with Crippen LogP contribution < -0.4 is 10.2 Å². The highest BCUT2D eigenvalue weighted by Crippen LogP contribution is 2.25. The summed E-state index contributed by atoms with van der Waals surface area (Å²) in [5.74, 6) is 3.74. The van der Waals surface area contributed by atoms with Crippen molar-refractivity contribution in [1.29, 1.82) is 0 Å². The molecule has 1 saturated heterocycles. The first-order valence-electron chi connectivity index (χ1n) is 7.51. The molecule has 1 fully saturated rings. The van der Waals surface area contributed by atoms with Crippen LogP contribution in [0.15, 0.2) is 6.07 Å². The van der Waals surface area contributed by atoms with Crippen LogP contribution in [0.2, 0.25) is 0 Å². The fourth-order valence-corrected chi connectivity index (χ4v) is 2.93. The standard InChI is InChI=1S/C15H26N4/c1-4-6-13-7-5-9-19(10-8-13)15-11-14(16-3)17-12(2)18-15/h11,13H,4-10H2,1-3H3,(H,16,17,18). The van der Waals surface area contributed by atoms with Crippen LogP contribution in [0.5, 0.6) is 0 Å². The van der Waals surface area contributed by atoms with Gasteiger partial charge in [0.25, 0.3) is 0 Å². The molecule has 4 heteroatoms. The first kappa shape index (κ1) is 14.1. The van der Waals surface area contributed by atoms with Gasteiger partial charge in [-0.25, -0.2) is 9.97 Å². The predicted octanol–water partition coefficient (Wildman–Crippen LogP) is 3.23. The maximum atomic E-state index is 4.59. The molecule has 0 saturated carbocycles. The van der Waals surface area contributed by atoms with Gasteiger partial charge in [-0.15, -0.1) is 0 Å². The van der Waals surface area contributed by atoms with Gasteiger partial charge in [-0.1, -0.05) is 19.8 Å². The van der Waals surface area contributed by atoms with E-state index in [1.807, 2.05) is 14.0 Å². The van der Waals surface area contributed by atoms with Crippen LogP contribution in [0.3, 0.4) is 0 Å². The Bertz CT molecular complexity index is 405. The molecule has 2 heterocycles. The average molecular weight is 262 g/mol. The number of hydrogen-bond donors (Lipinski definition) is 1. The lowest BCUT2D eigenvalue weighted by Gasteiger charge is -2.22. The molecule has 1 N–H and O–H groups in total. The van der Waals surface area contributed by atoms with Crippen LogP contribution in [0.1, 0.15) is 44.9 Å². The lowest BCUT2D eigenvalue weighted by Crippen LogP contribution is -2.25. The van der Waals surface area contributed by atoms with Crippen molar-refractivity contribution in [3.63, 3.8) is 0 Å². The molecule has 4 nitrogen and oxygen atoms in total. The Morgan fingerprint density at radius 3 is 2.89 bits per heavy atom. The Kier molecular flexibility index (Phi) is 5.00. The fraction of sp³-hybridized carbons (Fsp3) is 0.733. The van der Waals surface area contributed by atoms with Crippen LogP contribution in [0, 0.1) is 12.8 Å². The second kappa shape index (κ2) is 6.73. The molecule has 1 aliphatic rings. The summed E-state index contributed by atoms with van der Waals surface area (Å²) in [6, 6.07) is 2.06. The normalized spacial score (nSPS) is 20.2. The first-order chi connectivity index (χ1) is 9.22. The third kappa shape index (κ3) is 3.82. The molecule has 1 unspecified atom stereocenters. The van der Waals surface area contributed by atoms with Crippen molar-refractivity contribution in [2.24, 2.45) is 5.92 Å². The van der Waals surface area contributed by atoms with Crippen molar-refractivity contribution in [2.75, 3.05) is 30.4 Å². The van der Waals surface area contributed by atoms with Gasteiger partial charge in [0.2, 0.25) is 0 Å². The molecular formula is C15H26N4. The molecule has 1 aliphatic heterocycles. The maximum Gasteiger partial charge on any atom is 0.134 e. The van der Waals surface area contributed by atoms with Crippen molar-refractivity contribution in [1.82, 2.24) is 9.97 Å². The topological polar surface area (TPSA) is 41.0 Å². The molecule has 0 radical (unpaired) electrons.